The zero-order valence-electron chi connectivity index (χ0n) is 6.74. The van der Waals surface area contributed by atoms with Gasteiger partial charge in [0.2, 0.25) is 5.91 Å². The highest BCUT2D eigenvalue weighted by molar-refractivity contribution is 7.10. The van der Waals surface area contributed by atoms with Gasteiger partial charge in [0.15, 0.2) is 0 Å². The van der Waals surface area contributed by atoms with Gasteiger partial charge >= 0.3 is 6.03 Å². The summed E-state index contributed by atoms with van der Waals surface area (Å²) in [6, 6.07) is 3.25. The van der Waals surface area contributed by atoms with Crippen LogP contribution in [0.15, 0.2) is 17.5 Å². The van der Waals surface area contributed by atoms with Crippen LogP contribution in [0.3, 0.4) is 0 Å². The summed E-state index contributed by atoms with van der Waals surface area (Å²) in [7, 11) is 0. The maximum absolute atomic E-state index is 11.0. The Labute approximate surface area is 78.9 Å². The predicted molar refractivity (Wildman–Crippen MR) is 48.4 cm³/mol. The highest BCUT2D eigenvalue weighted by Gasteiger charge is 2.25. The minimum atomic E-state index is -0.408. The van der Waals surface area contributed by atoms with Gasteiger partial charge in [-0.05, 0) is 11.4 Å². The van der Waals surface area contributed by atoms with Crippen LogP contribution in [0.4, 0.5) is 4.79 Å². The average Bonchev–Trinajstić information content (AvgIpc) is 2.53. The molecule has 68 valence electrons. The largest absolute Gasteiger partial charge is 0.330 e. The minimum absolute atomic E-state index is 0.152. The Bertz CT molecular complexity index is 318. The molecule has 2 heterocycles. The van der Waals surface area contributed by atoms with E-state index in [2.05, 4.69) is 10.6 Å². The normalized spacial score (nSPS) is 22.3. The fraction of sp³-hybridized carbons (Fsp3) is 0.250. The molecule has 1 aliphatic rings. The Morgan fingerprint density at radius 1 is 1.46 bits per heavy atom. The number of carbonyl (C=O) groups excluding carboxylic acids is 2. The Hall–Kier alpha value is -1.36. The van der Waals surface area contributed by atoms with Crippen molar-refractivity contribution in [3.05, 3.63) is 22.4 Å². The highest BCUT2D eigenvalue weighted by atomic mass is 32.1. The molecule has 1 fully saturated rings. The maximum Gasteiger partial charge on any atom is 0.321 e. The van der Waals surface area contributed by atoms with E-state index in [1.165, 1.54) is 11.3 Å². The van der Waals surface area contributed by atoms with Crippen LogP contribution in [0, 0.1) is 0 Å². The fourth-order valence-electron chi connectivity index (χ4n) is 1.27. The standard InChI is InChI=1S/C8H8N2O2S/c11-7-4-5(9-8(12)10-7)6-2-1-3-13-6/h1-3,5H,4H2,(H2,9,10,11,12). The lowest BCUT2D eigenvalue weighted by Gasteiger charge is -2.21. The van der Waals surface area contributed by atoms with Crippen LogP contribution in [0.5, 0.6) is 0 Å². The lowest BCUT2D eigenvalue weighted by atomic mass is 10.1. The van der Waals surface area contributed by atoms with Gasteiger partial charge in [0.25, 0.3) is 0 Å². The number of urea groups is 1. The fourth-order valence-corrected chi connectivity index (χ4v) is 2.05. The lowest BCUT2D eigenvalue weighted by molar-refractivity contribution is -0.121. The molecule has 1 aromatic rings. The SMILES string of the molecule is O=C1CC(c2cccs2)NC(=O)N1. The Morgan fingerprint density at radius 2 is 2.31 bits per heavy atom. The summed E-state index contributed by atoms with van der Waals surface area (Å²) in [6.07, 6.45) is 0.326. The number of rotatable bonds is 1. The third-order valence-electron chi connectivity index (χ3n) is 1.83. The second kappa shape index (κ2) is 3.18. The van der Waals surface area contributed by atoms with Gasteiger partial charge in [0, 0.05) is 4.88 Å². The number of hydrogen-bond donors (Lipinski definition) is 2. The molecule has 1 unspecified atom stereocenters. The van der Waals surface area contributed by atoms with Gasteiger partial charge in [0.05, 0.1) is 12.5 Å². The second-order valence-corrected chi connectivity index (χ2v) is 3.77. The summed E-state index contributed by atoms with van der Waals surface area (Å²) in [5, 5.41) is 6.80. The molecule has 2 N–H and O–H groups in total. The zero-order chi connectivity index (χ0) is 9.26. The van der Waals surface area contributed by atoms with Gasteiger partial charge in [-0.25, -0.2) is 4.79 Å². The molecule has 0 spiro atoms. The number of nitrogens with one attached hydrogen (secondary N) is 2. The lowest BCUT2D eigenvalue weighted by Crippen LogP contribution is -2.47. The molecular formula is C8H8N2O2S. The van der Waals surface area contributed by atoms with Gasteiger partial charge in [0.1, 0.15) is 0 Å². The molecule has 4 nitrogen and oxygen atoms in total. The summed E-state index contributed by atoms with van der Waals surface area (Å²) >= 11 is 1.54. The molecule has 0 saturated carbocycles. The zero-order valence-corrected chi connectivity index (χ0v) is 7.56. The van der Waals surface area contributed by atoms with Crippen LogP contribution in [0.2, 0.25) is 0 Å². The summed E-state index contributed by atoms with van der Waals surface area (Å²) in [6.45, 7) is 0. The summed E-state index contributed by atoms with van der Waals surface area (Å²) in [5.41, 5.74) is 0. The van der Waals surface area contributed by atoms with Crippen LogP contribution in [-0.2, 0) is 4.79 Å². The van der Waals surface area contributed by atoms with Crippen LogP contribution < -0.4 is 10.6 Å². The van der Waals surface area contributed by atoms with Crippen molar-refractivity contribution in [2.45, 2.75) is 12.5 Å². The topological polar surface area (TPSA) is 58.2 Å². The van der Waals surface area contributed by atoms with E-state index >= 15 is 0 Å². The molecule has 1 atom stereocenters. The van der Waals surface area contributed by atoms with E-state index in [9.17, 15) is 9.59 Å². The molecule has 0 aliphatic carbocycles. The van der Waals surface area contributed by atoms with Crippen LogP contribution in [0.25, 0.3) is 0 Å². The second-order valence-electron chi connectivity index (χ2n) is 2.79. The first kappa shape index (κ1) is 8.25. The quantitative estimate of drug-likeness (QED) is 0.704. The molecule has 1 aromatic heterocycles. The van der Waals surface area contributed by atoms with E-state index in [0.717, 1.165) is 4.88 Å². The van der Waals surface area contributed by atoms with Gasteiger partial charge in [-0.15, -0.1) is 11.3 Å². The molecule has 5 heteroatoms. The first-order chi connectivity index (χ1) is 6.25. The van der Waals surface area contributed by atoms with Crippen molar-refractivity contribution < 1.29 is 9.59 Å². The van der Waals surface area contributed by atoms with Crippen molar-refractivity contribution in [2.24, 2.45) is 0 Å². The number of carbonyl (C=O) groups is 2. The van der Waals surface area contributed by atoms with Crippen molar-refractivity contribution in [3.63, 3.8) is 0 Å². The molecule has 0 radical (unpaired) electrons. The number of hydrogen-bond acceptors (Lipinski definition) is 3. The Balaban J connectivity index is 2.16. The van der Waals surface area contributed by atoms with Crippen LogP contribution in [0.1, 0.15) is 17.3 Å². The molecule has 1 saturated heterocycles. The van der Waals surface area contributed by atoms with E-state index in [0.29, 0.717) is 6.42 Å². The Morgan fingerprint density at radius 3 is 2.92 bits per heavy atom. The van der Waals surface area contributed by atoms with E-state index < -0.39 is 6.03 Å². The highest BCUT2D eigenvalue weighted by Crippen LogP contribution is 2.23. The minimum Gasteiger partial charge on any atom is -0.330 e. The van der Waals surface area contributed by atoms with E-state index in [1.54, 1.807) is 0 Å². The molecule has 1 aliphatic heterocycles. The molecule has 3 amide bonds. The molecule has 13 heavy (non-hydrogen) atoms. The third kappa shape index (κ3) is 1.70. The number of imide groups is 1. The summed E-state index contributed by atoms with van der Waals surface area (Å²) in [4.78, 5) is 23.0. The van der Waals surface area contributed by atoms with Crippen molar-refractivity contribution >= 4 is 23.3 Å². The van der Waals surface area contributed by atoms with Crippen molar-refractivity contribution in [2.75, 3.05) is 0 Å². The number of thiophene rings is 1. The van der Waals surface area contributed by atoms with E-state index in [1.807, 2.05) is 17.5 Å². The van der Waals surface area contributed by atoms with Gasteiger partial charge in [-0.2, -0.15) is 0 Å². The number of amides is 3. The molecule has 0 aromatic carbocycles. The maximum atomic E-state index is 11.0. The van der Waals surface area contributed by atoms with Crippen molar-refractivity contribution in [1.29, 1.82) is 0 Å². The van der Waals surface area contributed by atoms with Crippen LogP contribution in [-0.4, -0.2) is 11.9 Å². The van der Waals surface area contributed by atoms with Gasteiger partial charge < -0.3 is 5.32 Å². The van der Waals surface area contributed by atoms with Crippen LogP contribution >= 0.6 is 11.3 Å². The Kier molecular flexibility index (Phi) is 2.02. The molecular weight excluding hydrogens is 188 g/mol. The third-order valence-corrected chi connectivity index (χ3v) is 2.82. The summed E-state index contributed by atoms with van der Waals surface area (Å²) < 4.78 is 0. The smallest absolute Gasteiger partial charge is 0.321 e. The first-order valence-corrected chi connectivity index (χ1v) is 4.77. The van der Waals surface area contributed by atoms with Crippen molar-refractivity contribution in [1.82, 2.24) is 10.6 Å². The summed E-state index contributed by atoms with van der Waals surface area (Å²) in [5.74, 6) is -0.220. The van der Waals surface area contributed by atoms with E-state index in [-0.39, 0.29) is 11.9 Å². The van der Waals surface area contributed by atoms with E-state index in [4.69, 9.17) is 0 Å². The molecule has 0 bridgehead atoms. The molecule has 2 rings (SSSR count). The average molecular weight is 196 g/mol. The van der Waals surface area contributed by atoms with Crippen molar-refractivity contribution in [3.8, 4) is 0 Å². The van der Waals surface area contributed by atoms with Gasteiger partial charge in [-0.1, -0.05) is 6.07 Å². The van der Waals surface area contributed by atoms with Gasteiger partial charge in [-0.3, -0.25) is 10.1 Å². The first-order valence-electron chi connectivity index (χ1n) is 3.89. The monoisotopic (exact) mass is 196 g/mol. The predicted octanol–water partition coefficient (Wildman–Crippen LogP) is 1.02.